The van der Waals surface area contributed by atoms with Gasteiger partial charge in [0.1, 0.15) is 12.1 Å². The van der Waals surface area contributed by atoms with Crippen LogP contribution in [0.25, 0.3) is 0 Å². The first-order valence-electron chi connectivity index (χ1n) is 7.70. The summed E-state index contributed by atoms with van der Waals surface area (Å²) in [6.45, 7) is 0.286. The summed E-state index contributed by atoms with van der Waals surface area (Å²) in [5.41, 5.74) is 1.02. The van der Waals surface area contributed by atoms with Crippen molar-refractivity contribution in [1.82, 2.24) is 14.8 Å². The van der Waals surface area contributed by atoms with Gasteiger partial charge in [-0.1, -0.05) is 30.3 Å². The molecule has 9 nitrogen and oxygen atoms in total. The van der Waals surface area contributed by atoms with Crippen LogP contribution in [0.5, 0.6) is 5.75 Å². The van der Waals surface area contributed by atoms with Crippen molar-refractivity contribution >= 4 is 17.5 Å². The van der Waals surface area contributed by atoms with E-state index in [0.717, 1.165) is 5.56 Å². The standard InChI is InChI=1S/C17H15N5O4/c23-16(11-26-15-8-6-14(7-9-15)22(24)25)19-17-18-12-21(20-17)10-13-4-2-1-3-5-13/h1-9,12H,10-11H2,(H,19,20,23). The first-order valence-corrected chi connectivity index (χ1v) is 7.70. The van der Waals surface area contributed by atoms with E-state index in [-0.39, 0.29) is 18.2 Å². The summed E-state index contributed by atoms with van der Waals surface area (Å²) in [5, 5.41) is 17.3. The van der Waals surface area contributed by atoms with E-state index in [1.165, 1.54) is 30.6 Å². The molecule has 0 atom stereocenters. The Morgan fingerprint density at radius 3 is 2.58 bits per heavy atom. The quantitative estimate of drug-likeness (QED) is 0.515. The van der Waals surface area contributed by atoms with Gasteiger partial charge < -0.3 is 4.74 Å². The molecule has 2 aromatic carbocycles. The normalized spacial score (nSPS) is 10.3. The Morgan fingerprint density at radius 2 is 1.88 bits per heavy atom. The van der Waals surface area contributed by atoms with E-state index in [2.05, 4.69) is 15.4 Å². The van der Waals surface area contributed by atoms with Crippen molar-refractivity contribution < 1.29 is 14.5 Å². The van der Waals surface area contributed by atoms with Crippen molar-refractivity contribution in [1.29, 1.82) is 0 Å². The minimum Gasteiger partial charge on any atom is -0.484 e. The molecule has 0 saturated heterocycles. The molecule has 1 N–H and O–H groups in total. The number of nitro benzene ring substituents is 1. The van der Waals surface area contributed by atoms with Crippen molar-refractivity contribution in [3.63, 3.8) is 0 Å². The molecule has 132 valence electrons. The third-order valence-electron chi connectivity index (χ3n) is 3.39. The van der Waals surface area contributed by atoms with Gasteiger partial charge in [-0.15, -0.1) is 5.10 Å². The van der Waals surface area contributed by atoms with Gasteiger partial charge in [-0.2, -0.15) is 0 Å². The Kier molecular flexibility index (Phi) is 5.18. The van der Waals surface area contributed by atoms with E-state index in [1.807, 2.05) is 30.3 Å². The molecular formula is C17H15N5O4. The van der Waals surface area contributed by atoms with Gasteiger partial charge in [0.05, 0.1) is 11.5 Å². The average molecular weight is 353 g/mol. The van der Waals surface area contributed by atoms with E-state index in [4.69, 9.17) is 4.74 Å². The van der Waals surface area contributed by atoms with Crippen LogP contribution in [0, 0.1) is 10.1 Å². The lowest BCUT2D eigenvalue weighted by atomic mass is 10.2. The number of benzene rings is 2. The number of carbonyl (C=O) groups is 1. The van der Waals surface area contributed by atoms with E-state index in [1.54, 1.807) is 4.68 Å². The summed E-state index contributed by atoms with van der Waals surface area (Å²) in [4.78, 5) is 26.0. The Labute approximate surface area is 148 Å². The van der Waals surface area contributed by atoms with Crippen molar-refractivity contribution in [3.05, 3.63) is 76.6 Å². The topological polar surface area (TPSA) is 112 Å². The molecule has 0 saturated carbocycles. The second-order valence-electron chi connectivity index (χ2n) is 5.34. The fourth-order valence-corrected chi connectivity index (χ4v) is 2.17. The van der Waals surface area contributed by atoms with Crippen molar-refractivity contribution in [3.8, 4) is 5.75 Å². The SMILES string of the molecule is O=C(COc1ccc([N+](=O)[O-])cc1)Nc1ncn(Cc2ccccc2)n1. The molecule has 26 heavy (non-hydrogen) atoms. The predicted octanol–water partition coefficient (Wildman–Crippen LogP) is 2.25. The summed E-state index contributed by atoms with van der Waals surface area (Å²) in [5.74, 6) is 0.104. The summed E-state index contributed by atoms with van der Waals surface area (Å²) in [7, 11) is 0. The average Bonchev–Trinajstić information content (AvgIpc) is 3.08. The highest BCUT2D eigenvalue weighted by atomic mass is 16.6. The molecule has 0 aliphatic rings. The summed E-state index contributed by atoms with van der Waals surface area (Å²) >= 11 is 0. The smallest absolute Gasteiger partial charge is 0.269 e. The highest BCUT2D eigenvalue weighted by Crippen LogP contribution is 2.17. The number of non-ortho nitro benzene ring substituents is 1. The Morgan fingerprint density at radius 1 is 1.15 bits per heavy atom. The molecule has 0 aliphatic heterocycles. The number of carbonyl (C=O) groups excluding carboxylic acids is 1. The highest BCUT2D eigenvalue weighted by molar-refractivity contribution is 5.90. The van der Waals surface area contributed by atoms with Crippen LogP contribution < -0.4 is 10.1 Å². The Bertz CT molecular complexity index is 893. The van der Waals surface area contributed by atoms with Crippen LogP contribution in [-0.2, 0) is 11.3 Å². The molecule has 0 spiro atoms. The molecule has 9 heteroatoms. The first-order chi connectivity index (χ1) is 12.6. The minimum atomic E-state index is -0.506. The van der Waals surface area contributed by atoms with Gasteiger partial charge in [0.15, 0.2) is 6.61 Å². The lowest BCUT2D eigenvalue weighted by molar-refractivity contribution is -0.384. The summed E-state index contributed by atoms with van der Waals surface area (Å²) < 4.78 is 6.89. The second kappa shape index (κ2) is 7.88. The van der Waals surface area contributed by atoms with Crippen LogP contribution in [-0.4, -0.2) is 32.2 Å². The first kappa shape index (κ1) is 17.1. The van der Waals surface area contributed by atoms with Gasteiger partial charge in [-0.05, 0) is 17.7 Å². The number of ether oxygens (including phenoxy) is 1. The maximum atomic E-state index is 11.9. The number of rotatable bonds is 7. The fraction of sp³-hybridized carbons (Fsp3) is 0.118. The molecule has 0 fully saturated rings. The van der Waals surface area contributed by atoms with Gasteiger partial charge >= 0.3 is 0 Å². The number of nitrogens with zero attached hydrogens (tertiary/aromatic N) is 4. The minimum absolute atomic E-state index is 0.0463. The maximum Gasteiger partial charge on any atom is 0.269 e. The maximum absolute atomic E-state index is 11.9. The zero-order valence-electron chi connectivity index (χ0n) is 13.6. The van der Waals surface area contributed by atoms with E-state index in [0.29, 0.717) is 12.3 Å². The molecule has 1 amide bonds. The van der Waals surface area contributed by atoms with Gasteiger partial charge in [-0.3, -0.25) is 20.2 Å². The molecule has 1 heterocycles. The van der Waals surface area contributed by atoms with Gasteiger partial charge in [0.25, 0.3) is 11.6 Å². The molecule has 3 rings (SSSR count). The van der Waals surface area contributed by atoms with E-state index in [9.17, 15) is 14.9 Å². The Hall–Kier alpha value is -3.75. The third-order valence-corrected chi connectivity index (χ3v) is 3.39. The summed E-state index contributed by atoms with van der Waals surface area (Å²) in [6, 6.07) is 15.2. The van der Waals surface area contributed by atoms with Gasteiger partial charge in [0.2, 0.25) is 5.95 Å². The van der Waals surface area contributed by atoms with Crippen LogP contribution in [0.2, 0.25) is 0 Å². The van der Waals surface area contributed by atoms with Crippen molar-refractivity contribution in [2.75, 3.05) is 11.9 Å². The number of hydrogen-bond acceptors (Lipinski definition) is 6. The Balaban J connectivity index is 1.50. The third kappa shape index (κ3) is 4.63. The fourth-order valence-electron chi connectivity index (χ4n) is 2.17. The van der Waals surface area contributed by atoms with Gasteiger partial charge in [0, 0.05) is 12.1 Å². The van der Waals surface area contributed by atoms with Crippen LogP contribution in [0.4, 0.5) is 11.6 Å². The number of amides is 1. The molecule has 0 radical (unpaired) electrons. The lowest BCUT2D eigenvalue weighted by Crippen LogP contribution is -2.21. The predicted molar refractivity (Wildman–Crippen MR) is 92.8 cm³/mol. The van der Waals surface area contributed by atoms with Crippen molar-refractivity contribution in [2.24, 2.45) is 0 Å². The molecule has 3 aromatic rings. The van der Waals surface area contributed by atoms with Gasteiger partial charge in [-0.25, -0.2) is 9.67 Å². The van der Waals surface area contributed by atoms with Crippen LogP contribution >= 0.6 is 0 Å². The molecule has 0 aliphatic carbocycles. The number of anilines is 1. The molecule has 0 bridgehead atoms. The number of aromatic nitrogens is 3. The molecular weight excluding hydrogens is 338 g/mol. The lowest BCUT2D eigenvalue weighted by Gasteiger charge is -2.05. The largest absolute Gasteiger partial charge is 0.484 e. The second-order valence-corrected chi connectivity index (χ2v) is 5.34. The zero-order chi connectivity index (χ0) is 18.4. The van der Waals surface area contributed by atoms with Crippen LogP contribution in [0.15, 0.2) is 60.9 Å². The van der Waals surface area contributed by atoms with Crippen molar-refractivity contribution in [2.45, 2.75) is 6.54 Å². The van der Waals surface area contributed by atoms with Crippen LogP contribution in [0.1, 0.15) is 5.56 Å². The zero-order valence-corrected chi connectivity index (χ0v) is 13.6. The monoisotopic (exact) mass is 353 g/mol. The highest BCUT2D eigenvalue weighted by Gasteiger charge is 2.09. The van der Waals surface area contributed by atoms with E-state index < -0.39 is 10.8 Å². The van der Waals surface area contributed by atoms with Crippen LogP contribution in [0.3, 0.4) is 0 Å². The molecule has 1 aromatic heterocycles. The van der Waals surface area contributed by atoms with E-state index >= 15 is 0 Å². The number of hydrogen-bond donors (Lipinski definition) is 1. The molecule has 0 unspecified atom stereocenters. The number of nitrogens with one attached hydrogen (secondary N) is 1. The number of nitro groups is 1. The summed E-state index contributed by atoms with van der Waals surface area (Å²) in [6.07, 6.45) is 1.53.